The van der Waals surface area contributed by atoms with Gasteiger partial charge in [0.25, 0.3) is 5.91 Å². The van der Waals surface area contributed by atoms with Crippen molar-refractivity contribution in [3.8, 4) is 0 Å². The largest absolute Gasteiger partial charge is 0.338 e. The number of aromatic nitrogens is 2. The molecule has 1 unspecified atom stereocenters. The van der Waals surface area contributed by atoms with Gasteiger partial charge < -0.3 is 4.90 Å². The molecule has 2 aromatic carbocycles. The van der Waals surface area contributed by atoms with E-state index in [1.165, 1.54) is 12.1 Å². The molecule has 4 aromatic rings. The lowest BCUT2D eigenvalue weighted by Crippen LogP contribution is -2.39. The summed E-state index contributed by atoms with van der Waals surface area (Å²) in [6.45, 7) is 3.44. The second-order valence-electron chi connectivity index (χ2n) is 8.40. The molecule has 4 nitrogen and oxygen atoms in total. The first-order valence-corrected chi connectivity index (χ1v) is 11.7. The van der Waals surface area contributed by atoms with Crippen LogP contribution in [-0.4, -0.2) is 33.9 Å². The number of hydrogen-bond acceptors (Lipinski definition) is 4. The van der Waals surface area contributed by atoms with Crippen LogP contribution in [0, 0.1) is 12.7 Å². The van der Waals surface area contributed by atoms with Gasteiger partial charge in [0.15, 0.2) is 0 Å². The summed E-state index contributed by atoms with van der Waals surface area (Å²) in [6, 6.07) is 16.5. The summed E-state index contributed by atoms with van der Waals surface area (Å²) in [4.78, 5) is 24.3. The van der Waals surface area contributed by atoms with Crippen LogP contribution in [0.3, 0.4) is 0 Å². The van der Waals surface area contributed by atoms with E-state index in [1.807, 2.05) is 36.2 Å². The zero-order valence-electron chi connectivity index (χ0n) is 17.9. The van der Waals surface area contributed by atoms with Crippen molar-refractivity contribution in [1.29, 1.82) is 0 Å². The average molecular weight is 446 g/mol. The van der Waals surface area contributed by atoms with Crippen molar-refractivity contribution >= 4 is 27.5 Å². The van der Waals surface area contributed by atoms with E-state index in [9.17, 15) is 9.18 Å². The zero-order valence-corrected chi connectivity index (χ0v) is 18.7. The van der Waals surface area contributed by atoms with Crippen molar-refractivity contribution in [3.05, 3.63) is 94.0 Å². The van der Waals surface area contributed by atoms with Gasteiger partial charge in [-0.1, -0.05) is 18.2 Å². The lowest BCUT2D eigenvalue weighted by molar-refractivity contribution is 0.0706. The highest BCUT2D eigenvalue weighted by Gasteiger charge is 2.26. The van der Waals surface area contributed by atoms with E-state index in [1.54, 1.807) is 23.5 Å². The minimum Gasteiger partial charge on any atom is -0.338 e. The summed E-state index contributed by atoms with van der Waals surface area (Å²) in [5.74, 6) is 0.0956. The maximum atomic E-state index is 13.2. The Kier molecular flexibility index (Phi) is 5.70. The number of aryl methyl sites for hydroxylation is 1. The normalized spacial score (nSPS) is 16.4. The number of piperidine rings is 1. The molecule has 32 heavy (non-hydrogen) atoms. The number of pyridine rings is 1. The molecule has 1 fully saturated rings. The monoisotopic (exact) mass is 445 g/mol. The minimum atomic E-state index is -0.222. The van der Waals surface area contributed by atoms with Crippen molar-refractivity contribution in [2.24, 2.45) is 0 Å². The number of rotatable bonds is 4. The molecule has 1 amide bonds. The zero-order chi connectivity index (χ0) is 22.1. The number of fused-ring (bicyclic) bond motifs is 1. The Morgan fingerprint density at radius 3 is 2.72 bits per heavy atom. The van der Waals surface area contributed by atoms with Crippen LogP contribution >= 0.6 is 11.3 Å². The minimum absolute atomic E-state index is 0.0792. The Morgan fingerprint density at radius 2 is 1.94 bits per heavy atom. The summed E-state index contributed by atoms with van der Waals surface area (Å²) in [5, 5.41) is 1.01. The number of thiazole rings is 1. The molecule has 162 valence electrons. The Hall–Kier alpha value is -3.12. The maximum Gasteiger partial charge on any atom is 0.253 e. The lowest BCUT2D eigenvalue weighted by atomic mass is 9.93. The Morgan fingerprint density at radius 1 is 1.12 bits per heavy atom. The summed E-state index contributed by atoms with van der Waals surface area (Å²) < 4.78 is 14.2. The van der Waals surface area contributed by atoms with Gasteiger partial charge in [0.1, 0.15) is 5.82 Å². The SMILES string of the molecule is Cc1nc2ccc(C(=O)N3CCCC(c4ccc(Cc5ccc(F)cc5)cn4)C3)cc2s1. The molecule has 0 bridgehead atoms. The number of carbonyl (C=O) groups is 1. The van der Waals surface area contributed by atoms with E-state index in [4.69, 9.17) is 4.98 Å². The Labute approximate surface area is 190 Å². The molecule has 6 heteroatoms. The highest BCUT2D eigenvalue weighted by molar-refractivity contribution is 7.18. The van der Waals surface area contributed by atoms with Crippen LogP contribution in [0.15, 0.2) is 60.8 Å². The molecular weight excluding hydrogens is 421 g/mol. The number of nitrogens with zero attached hydrogens (tertiary/aromatic N) is 3. The molecule has 0 radical (unpaired) electrons. The third-order valence-corrected chi connectivity index (χ3v) is 6.97. The average Bonchev–Trinajstić information content (AvgIpc) is 3.20. The lowest BCUT2D eigenvalue weighted by Gasteiger charge is -2.32. The fourth-order valence-electron chi connectivity index (χ4n) is 4.38. The van der Waals surface area contributed by atoms with Crippen molar-refractivity contribution in [1.82, 2.24) is 14.9 Å². The van der Waals surface area contributed by atoms with Gasteiger partial charge in [-0.05, 0) is 73.7 Å². The van der Waals surface area contributed by atoms with Crippen molar-refractivity contribution in [3.63, 3.8) is 0 Å². The smallest absolute Gasteiger partial charge is 0.253 e. The molecule has 5 rings (SSSR count). The predicted octanol–water partition coefficient (Wildman–Crippen LogP) is 5.75. The standard InChI is InChI=1S/C26H24FN3OS/c1-17-29-24-11-7-20(14-25(24)32-17)26(31)30-12-2-3-21(16-30)23-10-6-19(15-28-23)13-18-4-8-22(27)9-5-18/h4-11,14-15,21H,2-3,12-13,16H2,1H3. The second kappa shape index (κ2) is 8.79. The third-order valence-electron chi connectivity index (χ3n) is 6.04. The molecule has 3 heterocycles. The van der Waals surface area contributed by atoms with Gasteiger partial charge in [-0.3, -0.25) is 9.78 Å². The molecule has 0 N–H and O–H groups in total. The highest BCUT2D eigenvalue weighted by atomic mass is 32.1. The number of likely N-dealkylation sites (tertiary alicyclic amines) is 1. The van der Waals surface area contributed by atoms with Crippen LogP contribution < -0.4 is 0 Å². The molecular formula is C26H24FN3OS. The van der Waals surface area contributed by atoms with Crippen molar-refractivity contribution in [2.45, 2.75) is 32.1 Å². The van der Waals surface area contributed by atoms with Crippen LogP contribution in [0.2, 0.25) is 0 Å². The van der Waals surface area contributed by atoms with Gasteiger partial charge in [0.05, 0.1) is 15.2 Å². The first kappa shape index (κ1) is 20.8. The molecule has 0 aliphatic carbocycles. The number of benzene rings is 2. The predicted molar refractivity (Wildman–Crippen MR) is 126 cm³/mol. The fourth-order valence-corrected chi connectivity index (χ4v) is 5.24. The van der Waals surface area contributed by atoms with E-state index >= 15 is 0 Å². The number of carbonyl (C=O) groups excluding carboxylic acids is 1. The van der Waals surface area contributed by atoms with E-state index in [0.717, 1.165) is 63.4 Å². The van der Waals surface area contributed by atoms with E-state index in [0.29, 0.717) is 6.54 Å². The van der Waals surface area contributed by atoms with Crippen LogP contribution in [0.4, 0.5) is 4.39 Å². The molecule has 1 saturated heterocycles. The van der Waals surface area contributed by atoms with Gasteiger partial charge in [0, 0.05) is 36.5 Å². The molecule has 2 aromatic heterocycles. The fraction of sp³-hybridized carbons (Fsp3) is 0.269. The number of halogens is 1. The Balaban J connectivity index is 1.27. The van der Waals surface area contributed by atoms with Gasteiger partial charge in [-0.25, -0.2) is 9.37 Å². The molecule has 0 spiro atoms. The van der Waals surface area contributed by atoms with Gasteiger partial charge in [0.2, 0.25) is 0 Å². The van der Waals surface area contributed by atoms with E-state index in [-0.39, 0.29) is 17.6 Å². The van der Waals surface area contributed by atoms with E-state index in [2.05, 4.69) is 17.1 Å². The molecule has 1 atom stereocenters. The van der Waals surface area contributed by atoms with Gasteiger partial charge in [-0.2, -0.15) is 0 Å². The maximum absolute atomic E-state index is 13.2. The number of hydrogen-bond donors (Lipinski definition) is 0. The van der Waals surface area contributed by atoms with E-state index < -0.39 is 0 Å². The first-order valence-electron chi connectivity index (χ1n) is 10.9. The first-order chi connectivity index (χ1) is 15.5. The summed E-state index contributed by atoms with van der Waals surface area (Å²) >= 11 is 1.62. The topological polar surface area (TPSA) is 46.1 Å². The highest BCUT2D eigenvalue weighted by Crippen LogP contribution is 2.28. The van der Waals surface area contributed by atoms with Crippen LogP contribution in [0.1, 0.15) is 50.9 Å². The van der Waals surface area contributed by atoms with Crippen LogP contribution in [0.25, 0.3) is 10.2 Å². The second-order valence-corrected chi connectivity index (χ2v) is 9.64. The summed E-state index contributed by atoms with van der Waals surface area (Å²) in [7, 11) is 0. The molecule has 1 aliphatic rings. The number of amides is 1. The Bertz CT molecular complexity index is 1250. The summed E-state index contributed by atoms with van der Waals surface area (Å²) in [5.41, 5.74) is 4.86. The van der Waals surface area contributed by atoms with Gasteiger partial charge >= 0.3 is 0 Å². The van der Waals surface area contributed by atoms with Crippen molar-refractivity contribution < 1.29 is 9.18 Å². The summed E-state index contributed by atoms with van der Waals surface area (Å²) in [6.07, 6.45) is 4.63. The van der Waals surface area contributed by atoms with Crippen LogP contribution in [-0.2, 0) is 6.42 Å². The molecule has 0 saturated carbocycles. The molecule has 1 aliphatic heterocycles. The van der Waals surface area contributed by atoms with Crippen molar-refractivity contribution in [2.75, 3.05) is 13.1 Å². The third kappa shape index (κ3) is 4.41. The van der Waals surface area contributed by atoms with Gasteiger partial charge in [-0.15, -0.1) is 11.3 Å². The van der Waals surface area contributed by atoms with Crippen LogP contribution in [0.5, 0.6) is 0 Å². The quantitative estimate of drug-likeness (QED) is 0.402.